The van der Waals surface area contributed by atoms with Crippen LogP contribution in [0.1, 0.15) is 109 Å². The molecule has 0 saturated heterocycles. The molecule has 2 aromatic rings. The van der Waals surface area contributed by atoms with Gasteiger partial charge in [0.25, 0.3) is 0 Å². The highest BCUT2D eigenvalue weighted by molar-refractivity contribution is 5.96. The van der Waals surface area contributed by atoms with Crippen molar-refractivity contribution >= 4 is 11.9 Å². The predicted molar refractivity (Wildman–Crippen MR) is 174 cm³/mol. The third-order valence-electron chi connectivity index (χ3n) is 7.11. The lowest BCUT2D eigenvalue weighted by Crippen LogP contribution is -2.26. The molecule has 3 heteroatoms. The van der Waals surface area contributed by atoms with Gasteiger partial charge in [0.2, 0.25) is 0 Å². The zero-order valence-electron chi connectivity index (χ0n) is 26.5. The van der Waals surface area contributed by atoms with E-state index < -0.39 is 0 Å². The number of hydrogen-bond acceptors (Lipinski definition) is 3. The van der Waals surface area contributed by atoms with Crippen molar-refractivity contribution in [3.8, 4) is 17.2 Å². The lowest BCUT2D eigenvalue weighted by Gasteiger charge is -2.19. The number of aryl methyl sites for hydroxylation is 1. The van der Waals surface area contributed by atoms with E-state index in [2.05, 4.69) is 70.3 Å². The number of carbonyl (C=O) groups excluding carboxylic acids is 1. The summed E-state index contributed by atoms with van der Waals surface area (Å²) in [6, 6.07) is 14.6. The molecule has 2 aliphatic rings. The smallest absolute Gasteiger partial charge is 0.161 e. The van der Waals surface area contributed by atoms with Gasteiger partial charge in [-0.05, 0) is 73.1 Å². The van der Waals surface area contributed by atoms with Gasteiger partial charge in [0.05, 0.1) is 17.7 Å². The van der Waals surface area contributed by atoms with Crippen molar-refractivity contribution in [1.29, 1.82) is 5.26 Å². The number of dihydropyridines is 1. The Morgan fingerprint density at radius 3 is 2.20 bits per heavy atom. The molecule has 0 amide bonds. The third kappa shape index (κ3) is 11.0. The van der Waals surface area contributed by atoms with Crippen molar-refractivity contribution in [2.75, 3.05) is 0 Å². The summed E-state index contributed by atoms with van der Waals surface area (Å²) in [4.78, 5) is 11.5. The summed E-state index contributed by atoms with van der Waals surface area (Å²) < 4.78 is 0. The molecule has 1 saturated carbocycles. The number of hydrogen-bond donors (Lipinski definition) is 1. The number of allylic oxidation sites excluding steroid dienone is 2. The first-order valence-corrected chi connectivity index (χ1v) is 15.2. The molecule has 0 radical (unpaired) electrons. The number of benzene rings is 2. The molecular weight excluding hydrogens is 488 g/mol. The molecule has 40 heavy (non-hydrogen) atoms. The highest BCUT2D eigenvalue weighted by Gasteiger charge is 2.13. The molecule has 2 aromatic carbocycles. The van der Waals surface area contributed by atoms with Crippen LogP contribution in [-0.2, 0) is 4.79 Å². The zero-order chi connectivity index (χ0) is 30.1. The van der Waals surface area contributed by atoms with Crippen molar-refractivity contribution in [2.45, 2.75) is 107 Å². The minimum atomic E-state index is 0.0576. The largest absolute Gasteiger partial charge is 0.380 e. The number of nitrogens with zero attached hydrogens (tertiary/aromatic N) is 1. The van der Waals surface area contributed by atoms with Gasteiger partial charge in [-0.2, -0.15) is 5.26 Å². The first kappa shape index (κ1) is 34.6. The lowest BCUT2D eigenvalue weighted by molar-refractivity contribution is -0.113. The SMILES string of the molecule is CC.CC(=O)C1=CNC(/C(C)=C/c2cccc(-c3ccc(C)c(C#N)c3)c2C)C=C1.CC1CCCCC1.CCC. The quantitative estimate of drug-likeness (QED) is 0.420. The molecule has 4 rings (SSSR count). The summed E-state index contributed by atoms with van der Waals surface area (Å²) in [6.45, 7) is 18.3. The van der Waals surface area contributed by atoms with E-state index in [-0.39, 0.29) is 11.8 Å². The van der Waals surface area contributed by atoms with Gasteiger partial charge in [-0.25, -0.2) is 0 Å². The van der Waals surface area contributed by atoms with Gasteiger partial charge in [0.1, 0.15) is 0 Å². The van der Waals surface area contributed by atoms with Crippen LogP contribution in [0, 0.1) is 31.1 Å². The number of rotatable bonds is 4. The minimum absolute atomic E-state index is 0.0576. The Kier molecular flexibility index (Phi) is 16.3. The molecule has 1 fully saturated rings. The average Bonchev–Trinajstić information content (AvgIpc) is 2.97. The average molecular weight is 541 g/mol. The van der Waals surface area contributed by atoms with E-state index in [0.29, 0.717) is 11.1 Å². The van der Waals surface area contributed by atoms with Gasteiger partial charge >= 0.3 is 0 Å². The van der Waals surface area contributed by atoms with Crippen LogP contribution < -0.4 is 5.32 Å². The number of nitriles is 1. The molecule has 1 atom stereocenters. The Morgan fingerprint density at radius 1 is 1.05 bits per heavy atom. The van der Waals surface area contributed by atoms with Crippen molar-refractivity contribution < 1.29 is 4.79 Å². The molecular formula is C37H52N2O. The normalized spacial score (nSPS) is 16.4. The maximum atomic E-state index is 11.5. The second-order valence-corrected chi connectivity index (χ2v) is 10.7. The lowest BCUT2D eigenvalue weighted by atomic mass is 9.91. The molecule has 3 nitrogen and oxygen atoms in total. The molecule has 1 heterocycles. The topological polar surface area (TPSA) is 52.9 Å². The monoisotopic (exact) mass is 540 g/mol. The first-order valence-electron chi connectivity index (χ1n) is 15.2. The Morgan fingerprint density at radius 2 is 1.70 bits per heavy atom. The molecule has 1 aliphatic carbocycles. The second-order valence-electron chi connectivity index (χ2n) is 10.7. The fraction of sp³-hybridized carbons (Fsp3) is 0.459. The fourth-order valence-electron chi connectivity index (χ4n) is 4.66. The van der Waals surface area contributed by atoms with Crippen molar-refractivity contribution in [3.63, 3.8) is 0 Å². The van der Waals surface area contributed by atoms with Gasteiger partial charge in [0, 0.05) is 11.8 Å². The molecule has 1 unspecified atom stereocenters. The van der Waals surface area contributed by atoms with Crippen LogP contribution in [0.5, 0.6) is 0 Å². The van der Waals surface area contributed by atoms with Crippen LogP contribution in [0.3, 0.4) is 0 Å². The van der Waals surface area contributed by atoms with Crippen LogP contribution in [0.2, 0.25) is 0 Å². The summed E-state index contributed by atoms with van der Waals surface area (Å²) in [5.74, 6) is 1.09. The minimum Gasteiger partial charge on any atom is -0.380 e. The molecule has 0 aromatic heterocycles. The fourth-order valence-corrected chi connectivity index (χ4v) is 4.66. The Bertz CT molecular complexity index is 1200. The van der Waals surface area contributed by atoms with Crippen LogP contribution in [0.25, 0.3) is 17.2 Å². The van der Waals surface area contributed by atoms with E-state index in [9.17, 15) is 10.1 Å². The van der Waals surface area contributed by atoms with Gasteiger partial charge in [-0.3, -0.25) is 4.79 Å². The predicted octanol–water partition coefficient (Wildman–Crippen LogP) is 10.3. The van der Waals surface area contributed by atoms with Gasteiger partial charge in [-0.15, -0.1) is 0 Å². The van der Waals surface area contributed by atoms with Crippen LogP contribution in [0.4, 0.5) is 0 Å². The summed E-state index contributed by atoms with van der Waals surface area (Å²) in [6.07, 6.45) is 16.5. The maximum Gasteiger partial charge on any atom is 0.161 e. The van der Waals surface area contributed by atoms with E-state index in [1.165, 1.54) is 44.1 Å². The molecule has 216 valence electrons. The highest BCUT2D eigenvalue weighted by Crippen LogP contribution is 2.29. The molecule has 0 spiro atoms. The first-order chi connectivity index (χ1) is 19.2. The van der Waals surface area contributed by atoms with E-state index in [0.717, 1.165) is 33.7 Å². The van der Waals surface area contributed by atoms with Crippen molar-refractivity contribution in [3.05, 3.63) is 88.2 Å². The van der Waals surface area contributed by atoms with Crippen molar-refractivity contribution in [1.82, 2.24) is 5.32 Å². The highest BCUT2D eigenvalue weighted by atomic mass is 16.1. The Balaban J connectivity index is 0.000000558. The van der Waals surface area contributed by atoms with Crippen molar-refractivity contribution in [2.24, 2.45) is 5.92 Å². The van der Waals surface area contributed by atoms with Crippen LogP contribution in [0.15, 0.2) is 65.9 Å². The summed E-state index contributed by atoms with van der Waals surface area (Å²) >= 11 is 0. The van der Waals surface area contributed by atoms with Crippen LogP contribution >= 0.6 is 0 Å². The number of nitrogens with one attached hydrogen (secondary N) is 1. The Hall–Kier alpha value is -3.38. The van der Waals surface area contributed by atoms with E-state index in [1.54, 1.807) is 13.1 Å². The van der Waals surface area contributed by atoms with Gasteiger partial charge in [-0.1, -0.05) is 122 Å². The summed E-state index contributed by atoms with van der Waals surface area (Å²) in [5.41, 5.74) is 8.05. The number of Topliss-reactive ketones (excluding diaryl/α,β-unsaturated/α-hetero) is 1. The molecule has 0 bridgehead atoms. The molecule has 1 aliphatic heterocycles. The molecule has 1 N–H and O–H groups in total. The van der Waals surface area contributed by atoms with Gasteiger partial charge < -0.3 is 5.32 Å². The van der Waals surface area contributed by atoms with E-state index in [1.807, 2.05) is 51.1 Å². The summed E-state index contributed by atoms with van der Waals surface area (Å²) in [5, 5.41) is 12.6. The summed E-state index contributed by atoms with van der Waals surface area (Å²) in [7, 11) is 0. The standard InChI is InChI=1S/C25H24N2O.C7H14.C3H8.C2H6/c1-16-8-9-21(13-23(16)14-26)24-7-5-6-20(18(24)3)12-17(2)25-11-10-22(15-27-25)19(4)28;1-7-5-3-2-4-6-7;1-3-2;1-2/h5-13,15,25,27H,1-4H3;7H,2-6H2,1H3;3H2,1-2H3;1-2H3/b17-12+;;;. The number of ketones is 1. The Labute approximate surface area is 245 Å². The zero-order valence-corrected chi connectivity index (χ0v) is 26.5. The van der Waals surface area contributed by atoms with E-state index >= 15 is 0 Å². The second kappa shape index (κ2) is 18.8. The number of carbonyl (C=O) groups is 1. The van der Waals surface area contributed by atoms with Crippen LogP contribution in [-0.4, -0.2) is 11.8 Å². The van der Waals surface area contributed by atoms with Gasteiger partial charge in [0.15, 0.2) is 5.78 Å². The van der Waals surface area contributed by atoms with E-state index in [4.69, 9.17) is 0 Å². The third-order valence-corrected chi connectivity index (χ3v) is 7.11. The maximum absolute atomic E-state index is 11.5.